The highest BCUT2D eigenvalue weighted by Crippen LogP contribution is 2.33. The van der Waals surface area contributed by atoms with E-state index >= 15 is 0 Å². The van der Waals surface area contributed by atoms with Crippen molar-refractivity contribution in [3.63, 3.8) is 0 Å². The van der Waals surface area contributed by atoms with Crippen LogP contribution in [0.2, 0.25) is 0 Å². The highest BCUT2D eigenvalue weighted by atomic mass is 15.3. The number of hydrogen-bond donors (Lipinski definition) is 0. The van der Waals surface area contributed by atoms with Gasteiger partial charge >= 0.3 is 0 Å². The van der Waals surface area contributed by atoms with Gasteiger partial charge in [0.2, 0.25) is 0 Å². The van der Waals surface area contributed by atoms with Crippen molar-refractivity contribution in [2.24, 2.45) is 0 Å². The van der Waals surface area contributed by atoms with Gasteiger partial charge in [0.15, 0.2) is 0 Å². The summed E-state index contributed by atoms with van der Waals surface area (Å²) in [5, 5.41) is 4.62. The van der Waals surface area contributed by atoms with Crippen LogP contribution in [0.15, 0.2) is 30.6 Å². The lowest BCUT2D eigenvalue weighted by atomic mass is 9.79. The zero-order chi connectivity index (χ0) is 15.0. The summed E-state index contributed by atoms with van der Waals surface area (Å²) in [6.07, 6.45) is 3.85. The smallest absolute Gasteiger partial charge is 0.0834 e. The van der Waals surface area contributed by atoms with E-state index in [4.69, 9.17) is 0 Å². The zero-order valence-corrected chi connectivity index (χ0v) is 13.4. The van der Waals surface area contributed by atoms with Gasteiger partial charge in [0.1, 0.15) is 0 Å². The largest absolute Gasteiger partial charge is 0.263 e. The van der Waals surface area contributed by atoms with E-state index in [-0.39, 0.29) is 10.8 Å². The SMILES string of the molecule is CC(C)(C)c1cnn(Cc2ccccn2)c1C(C)(C)C. The molecule has 0 spiro atoms. The van der Waals surface area contributed by atoms with Crippen LogP contribution in [-0.4, -0.2) is 14.8 Å². The van der Waals surface area contributed by atoms with Gasteiger partial charge in [-0.15, -0.1) is 0 Å². The summed E-state index contributed by atoms with van der Waals surface area (Å²) in [5.41, 5.74) is 3.83. The molecule has 0 fully saturated rings. The minimum absolute atomic E-state index is 0.0634. The lowest BCUT2D eigenvalue weighted by Gasteiger charge is -2.27. The number of rotatable bonds is 2. The third kappa shape index (κ3) is 3.09. The Kier molecular flexibility index (Phi) is 3.72. The molecule has 0 radical (unpaired) electrons. The summed E-state index contributed by atoms with van der Waals surface area (Å²) in [5.74, 6) is 0. The van der Waals surface area contributed by atoms with Crippen LogP contribution in [0.25, 0.3) is 0 Å². The van der Waals surface area contributed by atoms with Gasteiger partial charge in [-0.3, -0.25) is 9.67 Å². The molecule has 2 aromatic heterocycles. The number of nitrogens with zero attached hydrogens (tertiary/aromatic N) is 3. The van der Waals surface area contributed by atoms with E-state index in [1.807, 2.05) is 30.6 Å². The Morgan fingerprint density at radius 2 is 1.70 bits per heavy atom. The second-order valence-electron chi connectivity index (χ2n) is 7.39. The van der Waals surface area contributed by atoms with Gasteiger partial charge in [-0.05, 0) is 23.1 Å². The normalized spacial score (nSPS) is 12.7. The molecular formula is C17H25N3. The Bertz CT molecular complexity index is 569. The summed E-state index contributed by atoms with van der Waals surface area (Å²) < 4.78 is 2.10. The first kappa shape index (κ1) is 14.8. The molecule has 0 aliphatic heterocycles. The van der Waals surface area contributed by atoms with Crippen molar-refractivity contribution in [2.75, 3.05) is 0 Å². The summed E-state index contributed by atoms with van der Waals surface area (Å²) in [4.78, 5) is 4.41. The van der Waals surface area contributed by atoms with Crippen LogP contribution in [0.5, 0.6) is 0 Å². The van der Waals surface area contributed by atoms with Gasteiger partial charge in [0, 0.05) is 17.3 Å². The fourth-order valence-corrected chi connectivity index (χ4v) is 2.49. The number of aromatic nitrogens is 3. The molecule has 0 atom stereocenters. The highest BCUT2D eigenvalue weighted by Gasteiger charge is 2.29. The summed E-state index contributed by atoms with van der Waals surface area (Å²) in [6.45, 7) is 14.2. The third-order valence-corrected chi connectivity index (χ3v) is 3.40. The second kappa shape index (κ2) is 5.04. The van der Waals surface area contributed by atoms with Gasteiger partial charge < -0.3 is 0 Å². The van der Waals surface area contributed by atoms with E-state index < -0.39 is 0 Å². The molecule has 3 heteroatoms. The molecule has 2 aromatic rings. The standard InChI is InChI=1S/C17H25N3/c1-16(2,3)14-11-19-20(15(14)17(4,5)6)12-13-9-7-8-10-18-13/h7-11H,12H2,1-6H3. The lowest BCUT2D eigenvalue weighted by molar-refractivity contribution is 0.478. The summed E-state index contributed by atoms with van der Waals surface area (Å²) in [7, 11) is 0. The van der Waals surface area contributed by atoms with E-state index in [2.05, 4.69) is 56.3 Å². The topological polar surface area (TPSA) is 30.7 Å². The zero-order valence-electron chi connectivity index (χ0n) is 13.4. The van der Waals surface area contributed by atoms with Gasteiger partial charge in [-0.2, -0.15) is 5.10 Å². The van der Waals surface area contributed by atoms with Crippen molar-refractivity contribution in [2.45, 2.75) is 58.9 Å². The van der Waals surface area contributed by atoms with E-state index in [0.29, 0.717) is 0 Å². The van der Waals surface area contributed by atoms with Crippen molar-refractivity contribution in [1.82, 2.24) is 14.8 Å². The van der Waals surface area contributed by atoms with Crippen molar-refractivity contribution in [1.29, 1.82) is 0 Å². The molecule has 2 rings (SSSR count). The van der Waals surface area contributed by atoms with Gasteiger partial charge in [-0.25, -0.2) is 0 Å². The Balaban J connectivity index is 2.47. The van der Waals surface area contributed by atoms with Crippen molar-refractivity contribution in [3.8, 4) is 0 Å². The average Bonchev–Trinajstić information content (AvgIpc) is 2.73. The van der Waals surface area contributed by atoms with Crippen molar-refractivity contribution >= 4 is 0 Å². The maximum absolute atomic E-state index is 4.62. The van der Waals surface area contributed by atoms with Crippen molar-refractivity contribution in [3.05, 3.63) is 47.5 Å². The quantitative estimate of drug-likeness (QED) is 0.828. The van der Waals surface area contributed by atoms with Crippen LogP contribution in [-0.2, 0) is 17.4 Å². The first-order chi connectivity index (χ1) is 9.19. The van der Waals surface area contributed by atoms with E-state index in [1.54, 1.807) is 0 Å². The predicted molar refractivity (Wildman–Crippen MR) is 83.0 cm³/mol. The molecule has 0 unspecified atom stereocenters. The van der Waals surface area contributed by atoms with Crippen LogP contribution in [0.3, 0.4) is 0 Å². The Hall–Kier alpha value is -1.64. The van der Waals surface area contributed by atoms with E-state index in [1.165, 1.54) is 11.3 Å². The Morgan fingerprint density at radius 3 is 2.20 bits per heavy atom. The fourth-order valence-electron chi connectivity index (χ4n) is 2.49. The molecule has 0 N–H and O–H groups in total. The highest BCUT2D eigenvalue weighted by molar-refractivity contribution is 5.31. The summed E-state index contributed by atoms with van der Waals surface area (Å²) in [6, 6.07) is 6.01. The second-order valence-corrected chi connectivity index (χ2v) is 7.39. The Morgan fingerprint density at radius 1 is 1.00 bits per heavy atom. The number of hydrogen-bond acceptors (Lipinski definition) is 2. The van der Waals surface area contributed by atoms with E-state index in [9.17, 15) is 0 Å². The molecule has 0 bridgehead atoms. The molecule has 0 aliphatic carbocycles. The minimum atomic E-state index is 0.0634. The van der Waals surface area contributed by atoms with Crippen LogP contribution >= 0.6 is 0 Å². The number of pyridine rings is 1. The molecule has 0 saturated carbocycles. The molecule has 108 valence electrons. The van der Waals surface area contributed by atoms with Crippen LogP contribution < -0.4 is 0 Å². The molecule has 0 amide bonds. The monoisotopic (exact) mass is 271 g/mol. The third-order valence-electron chi connectivity index (χ3n) is 3.40. The molecule has 2 heterocycles. The molecule has 3 nitrogen and oxygen atoms in total. The predicted octanol–water partition coefficient (Wildman–Crippen LogP) is 3.92. The lowest BCUT2D eigenvalue weighted by Crippen LogP contribution is -2.25. The molecule has 20 heavy (non-hydrogen) atoms. The molecule has 0 aliphatic rings. The van der Waals surface area contributed by atoms with Gasteiger partial charge in [-0.1, -0.05) is 47.6 Å². The molecular weight excluding hydrogens is 246 g/mol. The first-order valence-electron chi connectivity index (χ1n) is 7.16. The van der Waals surface area contributed by atoms with Gasteiger partial charge in [0.25, 0.3) is 0 Å². The Labute approximate surface area is 122 Å². The molecule has 0 aromatic carbocycles. The first-order valence-corrected chi connectivity index (χ1v) is 7.16. The molecule has 0 saturated heterocycles. The minimum Gasteiger partial charge on any atom is -0.263 e. The van der Waals surface area contributed by atoms with Crippen LogP contribution in [0.1, 0.15) is 58.5 Å². The maximum atomic E-state index is 4.62. The van der Waals surface area contributed by atoms with Gasteiger partial charge in [0.05, 0.1) is 18.4 Å². The van der Waals surface area contributed by atoms with Crippen LogP contribution in [0, 0.1) is 0 Å². The van der Waals surface area contributed by atoms with Crippen LogP contribution in [0.4, 0.5) is 0 Å². The maximum Gasteiger partial charge on any atom is 0.0834 e. The van der Waals surface area contributed by atoms with E-state index in [0.717, 1.165) is 12.2 Å². The fraction of sp³-hybridized carbons (Fsp3) is 0.529. The summed E-state index contributed by atoms with van der Waals surface area (Å²) >= 11 is 0. The average molecular weight is 271 g/mol. The van der Waals surface area contributed by atoms with Crippen molar-refractivity contribution < 1.29 is 0 Å².